The summed E-state index contributed by atoms with van der Waals surface area (Å²) in [7, 11) is 0. The molecule has 2 heteroatoms. The third-order valence-electron chi connectivity index (χ3n) is 2.93. The molecule has 0 aromatic carbocycles. The van der Waals surface area contributed by atoms with Gasteiger partial charge in [0.2, 0.25) is 0 Å². The predicted octanol–water partition coefficient (Wildman–Crippen LogP) is 2.91. The second kappa shape index (κ2) is 4.64. The number of esters is 1. The number of carbonyl (C=O) groups is 1. The molecule has 0 bridgehead atoms. The van der Waals surface area contributed by atoms with E-state index in [4.69, 9.17) is 4.74 Å². The Bertz CT molecular complexity index is 169. The molecule has 0 aromatic rings. The normalized spacial score (nSPS) is 20.2. The molecule has 0 aliphatic heterocycles. The van der Waals surface area contributed by atoms with Crippen LogP contribution in [0.3, 0.4) is 0 Å². The van der Waals surface area contributed by atoms with Crippen molar-refractivity contribution in [1.82, 2.24) is 0 Å². The summed E-state index contributed by atoms with van der Waals surface area (Å²) in [6, 6.07) is 0. The van der Waals surface area contributed by atoms with Crippen LogP contribution in [0.4, 0.5) is 0 Å². The van der Waals surface area contributed by atoms with Crippen molar-refractivity contribution in [3.8, 4) is 0 Å². The van der Waals surface area contributed by atoms with Crippen LogP contribution >= 0.6 is 0 Å². The summed E-state index contributed by atoms with van der Waals surface area (Å²) in [5.41, 5.74) is -0.159. The Balaban J connectivity index is 2.29. The first kappa shape index (κ1) is 10.6. The lowest BCUT2D eigenvalue weighted by Gasteiger charge is -2.20. The maximum Gasteiger partial charge on any atom is 0.311 e. The van der Waals surface area contributed by atoms with Gasteiger partial charge in [-0.3, -0.25) is 4.79 Å². The second-order valence-electron chi connectivity index (χ2n) is 4.26. The van der Waals surface area contributed by atoms with Crippen LogP contribution in [0.2, 0.25) is 0 Å². The molecular formula is C11H20O2. The van der Waals surface area contributed by atoms with Crippen molar-refractivity contribution in [2.75, 3.05) is 6.61 Å². The van der Waals surface area contributed by atoms with E-state index in [2.05, 4.69) is 6.92 Å². The molecule has 76 valence electrons. The maximum atomic E-state index is 11.6. The Kier molecular flexibility index (Phi) is 3.76. The maximum absolute atomic E-state index is 11.6. The molecular weight excluding hydrogens is 164 g/mol. The minimum absolute atomic E-state index is 0.0263. The van der Waals surface area contributed by atoms with Crippen molar-refractivity contribution in [2.24, 2.45) is 5.41 Å². The van der Waals surface area contributed by atoms with Crippen LogP contribution in [0, 0.1) is 5.41 Å². The molecule has 1 aliphatic rings. The summed E-state index contributed by atoms with van der Waals surface area (Å²) in [6.07, 6.45) is 6.46. The SMILES string of the molecule is CCCCOC(=O)C1(C)CCCC1. The molecule has 1 fully saturated rings. The molecule has 0 unspecified atom stereocenters. The van der Waals surface area contributed by atoms with Gasteiger partial charge in [-0.25, -0.2) is 0 Å². The molecule has 0 spiro atoms. The van der Waals surface area contributed by atoms with Crippen LogP contribution in [-0.2, 0) is 9.53 Å². The average Bonchev–Trinajstić information content (AvgIpc) is 2.54. The lowest BCUT2D eigenvalue weighted by atomic mass is 9.89. The van der Waals surface area contributed by atoms with Gasteiger partial charge in [-0.2, -0.15) is 0 Å². The van der Waals surface area contributed by atoms with Crippen LogP contribution < -0.4 is 0 Å². The topological polar surface area (TPSA) is 26.3 Å². The van der Waals surface area contributed by atoms with E-state index in [-0.39, 0.29) is 11.4 Å². The highest BCUT2D eigenvalue weighted by Gasteiger charge is 2.37. The van der Waals surface area contributed by atoms with Crippen molar-refractivity contribution in [1.29, 1.82) is 0 Å². The van der Waals surface area contributed by atoms with E-state index >= 15 is 0 Å². The van der Waals surface area contributed by atoms with Gasteiger partial charge >= 0.3 is 5.97 Å². The van der Waals surface area contributed by atoms with Crippen LogP contribution in [0.15, 0.2) is 0 Å². The van der Waals surface area contributed by atoms with Gasteiger partial charge in [0, 0.05) is 0 Å². The Morgan fingerprint density at radius 1 is 1.38 bits per heavy atom. The smallest absolute Gasteiger partial charge is 0.311 e. The Morgan fingerprint density at radius 2 is 2.00 bits per heavy atom. The Morgan fingerprint density at radius 3 is 2.54 bits per heavy atom. The molecule has 1 saturated carbocycles. The monoisotopic (exact) mass is 184 g/mol. The van der Waals surface area contributed by atoms with Crippen LogP contribution in [0.5, 0.6) is 0 Å². The van der Waals surface area contributed by atoms with E-state index in [1.807, 2.05) is 6.92 Å². The summed E-state index contributed by atoms with van der Waals surface area (Å²) in [5.74, 6) is 0.0263. The number of hydrogen-bond donors (Lipinski definition) is 0. The number of rotatable bonds is 4. The van der Waals surface area contributed by atoms with E-state index in [0.29, 0.717) is 6.61 Å². The fourth-order valence-corrected chi connectivity index (χ4v) is 1.84. The zero-order chi connectivity index (χ0) is 9.73. The summed E-state index contributed by atoms with van der Waals surface area (Å²) >= 11 is 0. The third-order valence-corrected chi connectivity index (χ3v) is 2.93. The minimum Gasteiger partial charge on any atom is -0.465 e. The number of hydrogen-bond acceptors (Lipinski definition) is 2. The van der Waals surface area contributed by atoms with Crippen LogP contribution in [0.25, 0.3) is 0 Å². The Labute approximate surface area is 80.7 Å². The zero-order valence-electron chi connectivity index (χ0n) is 8.77. The first-order valence-corrected chi connectivity index (χ1v) is 5.36. The summed E-state index contributed by atoms with van der Waals surface area (Å²) < 4.78 is 5.23. The van der Waals surface area contributed by atoms with Crippen molar-refractivity contribution < 1.29 is 9.53 Å². The third kappa shape index (κ3) is 2.71. The van der Waals surface area contributed by atoms with Crippen LogP contribution in [-0.4, -0.2) is 12.6 Å². The largest absolute Gasteiger partial charge is 0.465 e. The molecule has 0 atom stereocenters. The van der Waals surface area contributed by atoms with Gasteiger partial charge in [0.15, 0.2) is 0 Å². The molecule has 2 nitrogen and oxygen atoms in total. The quantitative estimate of drug-likeness (QED) is 0.496. The van der Waals surface area contributed by atoms with E-state index in [1.165, 1.54) is 12.8 Å². The van der Waals surface area contributed by atoms with Gasteiger partial charge in [0.1, 0.15) is 0 Å². The summed E-state index contributed by atoms with van der Waals surface area (Å²) in [4.78, 5) is 11.6. The molecule has 0 radical (unpaired) electrons. The van der Waals surface area contributed by atoms with E-state index in [1.54, 1.807) is 0 Å². The molecule has 1 aliphatic carbocycles. The second-order valence-corrected chi connectivity index (χ2v) is 4.26. The highest BCUT2D eigenvalue weighted by atomic mass is 16.5. The van der Waals surface area contributed by atoms with Gasteiger partial charge in [-0.05, 0) is 26.2 Å². The summed E-state index contributed by atoms with van der Waals surface area (Å²) in [6.45, 7) is 4.74. The van der Waals surface area contributed by atoms with Crippen molar-refractivity contribution >= 4 is 5.97 Å². The molecule has 0 heterocycles. The lowest BCUT2D eigenvalue weighted by Crippen LogP contribution is -2.26. The van der Waals surface area contributed by atoms with Gasteiger partial charge < -0.3 is 4.74 Å². The number of ether oxygens (including phenoxy) is 1. The predicted molar refractivity (Wildman–Crippen MR) is 52.4 cm³/mol. The molecule has 0 amide bonds. The molecule has 13 heavy (non-hydrogen) atoms. The van der Waals surface area contributed by atoms with Crippen LogP contribution in [0.1, 0.15) is 52.4 Å². The van der Waals surface area contributed by atoms with Crippen molar-refractivity contribution in [2.45, 2.75) is 52.4 Å². The number of carbonyl (C=O) groups excluding carboxylic acids is 1. The highest BCUT2D eigenvalue weighted by molar-refractivity contribution is 5.76. The van der Waals surface area contributed by atoms with E-state index < -0.39 is 0 Å². The van der Waals surface area contributed by atoms with Crippen molar-refractivity contribution in [3.63, 3.8) is 0 Å². The molecule has 0 saturated heterocycles. The number of unbranched alkanes of at least 4 members (excludes halogenated alkanes) is 1. The van der Waals surface area contributed by atoms with E-state index in [9.17, 15) is 4.79 Å². The Hall–Kier alpha value is -0.530. The first-order valence-electron chi connectivity index (χ1n) is 5.36. The fraction of sp³-hybridized carbons (Fsp3) is 0.909. The van der Waals surface area contributed by atoms with Gasteiger partial charge in [-0.1, -0.05) is 26.2 Å². The molecule has 0 N–H and O–H groups in total. The fourth-order valence-electron chi connectivity index (χ4n) is 1.84. The standard InChI is InChI=1S/C11H20O2/c1-3-4-9-13-10(12)11(2)7-5-6-8-11/h3-9H2,1-2H3. The molecule has 1 rings (SSSR count). The first-order chi connectivity index (χ1) is 6.19. The zero-order valence-corrected chi connectivity index (χ0v) is 8.77. The average molecular weight is 184 g/mol. The van der Waals surface area contributed by atoms with E-state index in [0.717, 1.165) is 25.7 Å². The summed E-state index contributed by atoms with van der Waals surface area (Å²) in [5, 5.41) is 0. The van der Waals surface area contributed by atoms with Crippen molar-refractivity contribution in [3.05, 3.63) is 0 Å². The van der Waals surface area contributed by atoms with Gasteiger partial charge in [0.05, 0.1) is 12.0 Å². The lowest BCUT2D eigenvalue weighted by molar-refractivity contribution is -0.154. The van der Waals surface area contributed by atoms with Gasteiger partial charge in [0.25, 0.3) is 0 Å². The van der Waals surface area contributed by atoms with Gasteiger partial charge in [-0.15, -0.1) is 0 Å². The minimum atomic E-state index is -0.159. The highest BCUT2D eigenvalue weighted by Crippen LogP contribution is 2.38. The molecule has 0 aromatic heterocycles.